The van der Waals surface area contributed by atoms with E-state index < -0.39 is 24.4 Å². The van der Waals surface area contributed by atoms with Gasteiger partial charge in [-0.25, -0.2) is 4.79 Å². The van der Waals surface area contributed by atoms with E-state index in [0.29, 0.717) is 5.00 Å². The van der Waals surface area contributed by atoms with Crippen LogP contribution in [0, 0.1) is 0 Å². The second kappa shape index (κ2) is 5.13. The molecule has 15 heavy (non-hydrogen) atoms. The summed E-state index contributed by atoms with van der Waals surface area (Å²) in [6, 6.07) is 2.34. The number of hydrogen-bond acceptors (Lipinski definition) is 4. The molecule has 1 rings (SSSR count). The van der Waals surface area contributed by atoms with Gasteiger partial charge in [-0.15, -0.1) is 11.3 Å². The lowest BCUT2D eigenvalue weighted by atomic mass is 10.2. The van der Waals surface area contributed by atoms with Crippen molar-refractivity contribution in [1.29, 1.82) is 0 Å². The third-order valence-corrected chi connectivity index (χ3v) is 3.12. The molecule has 0 saturated carbocycles. The molecular formula is C8H8BrNO4S. The summed E-state index contributed by atoms with van der Waals surface area (Å²) in [6.45, 7) is 0. The summed E-state index contributed by atoms with van der Waals surface area (Å²) in [4.78, 5) is 21.1. The molecule has 1 aromatic rings. The monoisotopic (exact) mass is 293 g/mol. The van der Waals surface area contributed by atoms with Crippen molar-refractivity contribution in [1.82, 2.24) is 0 Å². The molecule has 7 heteroatoms. The fourth-order valence-electron chi connectivity index (χ4n) is 0.938. The number of halogens is 1. The molecule has 5 nitrogen and oxygen atoms in total. The Morgan fingerprint density at radius 2 is 2.13 bits per heavy atom. The van der Waals surface area contributed by atoms with Crippen LogP contribution in [0.1, 0.15) is 6.42 Å². The molecule has 0 bridgehead atoms. The standard InChI is InChI=1S/C8H8BrNO4S/c9-5-1-2-6(15-5)10-4(8(13)14)3-7(11)12/h1-2,4,10H,3H2,(H,11,12)(H,13,14). The first kappa shape index (κ1) is 12.0. The molecule has 0 fully saturated rings. The van der Waals surface area contributed by atoms with Crippen molar-refractivity contribution in [2.24, 2.45) is 0 Å². The zero-order chi connectivity index (χ0) is 11.4. The fraction of sp³-hybridized carbons (Fsp3) is 0.250. The van der Waals surface area contributed by atoms with Crippen LogP contribution in [0.5, 0.6) is 0 Å². The third kappa shape index (κ3) is 3.88. The summed E-state index contributed by atoms with van der Waals surface area (Å²) < 4.78 is 0.851. The fourth-order valence-corrected chi connectivity index (χ4v) is 2.28. The second-order valence-corrected chi connectivity index (χ2v) is 5.20. The number of rotatable bonds is 5. The molecular weight excluding hydrogens is 286 g/mol. The highest BCUT2D eigenvalue weighted by atomic mass is 79.9. The van der Waals surface area contributed by atoms with Gasteiger partial charge in [-0.05, 0) is 28.1 Å². The summed E-state index contributed by atoms with van der Waals surface area (Å²) in [5.41, 5.74) is 0. The van der Waals surface area contributed by atoms with Gasteiger partial charge < -0.3 is 15.5 Å². The van der Waals surface area contributed by atoms with E-state index in [-0.39, 0.29) is 0 Å². The maximum absolute atomic E-state index is 10.7. The lowest BCUT2D eigenvalue weighted by molar-refractivity contribution is -0.144. The number of aliphatic carboxylic acids is 2. The number of carboxylic acids is 2. The van der Waals surface area contributed by atoms with Crippen LogP contribution in [-0.4, -0.2) is 28.2 Å². The van der Waals surface area contributed by atoms with Crippen LogP contribution in [0.25, 0.3) is 0 Å². The van der Waals surface area contributed by atoms with Crippen molar-refractivity contribution in [2.45, 2.75) is 12.5 Å². The molecule has 1 aromatic heterocycles. The summed E-state index contributed by atoms with van der Waals surface area (Å²) >= 11 is 4.53. The van der Waals surface area contributed by atoms with Gasteiger partial charge in [-0.3, -0.25) is 4.79 Å². The van der Waals surface area contributed by atoms with E-state index in [2.05, 4.69) is 21.2 Å². The normalized spacial score (nSPS) is 12.1. The highest BCUT2D eigenvalue weighted by Gasteiger charge is 2.21. The minimum absolute atomic E-state index is 0.454. The van der Waals surface area contributed by atoms with Crippen LogP contribution >= 0.6 is 27.3 Å². The minimum Gasteiger partial charge on any atom is -0.481 e. The van der Waals surface area contributed by atoms with Crippen molar-refractivity contribution < 1.29 is 19.8 Å². The first-order chi connectivity index (χ1) is 6.99. The Labute approximate surface area is 97.9 Å². The molecule has 1 atom stereocenters. The largest absolute Gasteiger partial charge is 0.481 e. The molecule has 0 radical (unpaired) electrons. The molecule has 0 spiro atoms. The predicted molar refractivity (Wildman–Crippen MR) is 59.3 cm³/mol. The van der Waals surface area contributed by atoms with Gasteiger partial charge in [0.1, 0.15) is 6.04 Å². The molecule has 0 saturated heterocycles. The van der Waals surface area contributed by atoms with Gasteiger partial charge >= 0.3 is 11.9 Å². The topological polar surface area (TPSA) is 86.6 Å². The Balaban J connectivity index is 2.66. The van der Waals surface area contributed by atoms with Crippen molar-refractivity contribution >= 4 is 44.2 Å². The average molecular weight is 294 g/mol. The maximum Gasteiger partial charge on any atom is 0.326 e. The summed E-state index contributed by atoms with van der Waals surface area (Å²) in [6.07, 6.45) is -0.454. The number of anilines is 1. The summed E-state index contributed by atoms with van der Waals surface area (Å²) in [5.74, 6) is -2.33. The number of carbonyl (C=O) groups is 2. The molecule has 0 amide bonds. The maximum atomic E-state index is 10.7. The Morgan fingerprint density at radius 1 is 1.47 bits per heavy atom. The Bertz CT molecular complexity index is 378. The van der Waals surface area contributed by atoms with Gasteiger partial charge in [0.15, 0.2) is 0 Å². The van der Waals surface area contributed by atoms with Crippen LogP contribution in [-0.2, 0) is 9.59 Å². The van der Waals surface area contributed by atoms with Crippen LogP contribution in [0.2, 0.25) is 0 Å². The van der Waals surface area contributed by atoms with E-state index in [4.69, 9.17) is 10.2 Å². The molecule has 0 aliphatic carbocycles. The minimum atomic E-state index is -1.18. The van der Waals surface area contributed by atoms with Crippen molar-refractivity contribution in [3.8, 4) is 0 Å². The van der Waals surface area contributed by atoms with Crippen molar-refractivity contribution in [3.63, 3.8) is 0 Å². The van der Waals surface area contributed by atoms with E-state index >= 15 is 0 Å². The molecule has 0 aliphatic heterocycles. The van der Waals surface area contributed by atoms with E-state index in [0.717, 1.165) is 3.79 Å². The SMILES string of the molecule is O=C(O)CC(Nc1ccc(Br)s1)C(=O)O. The smallest absolute Gasteiger partial charge is 0.326 e. The van der Waals surface area contributed by atoms with Crippen LogP contribution in [0.4, 0.5) is 5.00 Å². The average Bonchev–Trinajstić information content (AvgIpc) is 2.49. The van der Waals surface area contributed by atoms with Gasteiger partial charge in [0.25, 0.3) is 0 Å². The molecule has 3 N–H and O–H groups in total. The van der Waals surface area contributed by atoms with Gasteiger partial charge in [0.2, 0.25) is 0 Å². The lowest BCUT2D eigenvalue weighted by Crippen LogP contribution is -2.31. The first-order valence-corrected chi connectivity index (χ1v) is 5.56. The highest BCUT2D eigenvalue weighted by molar-refractivity contribution is 9.11. The van der Waals surface area contributed by atoms with E-state index in [9.17, 15) is 9.59 Å². The lowest BCUT2D eigenvalue weighted by Gasteiger charge is -2.11. The van der Waals surface area contributed by atoms with E-state index in [1.807, 2.05) is 0 Å². The third-order valence-electron chi connectivity index (χ3n) is 1.57. The highest BCUT2D eigenvalue weighted by Crippen LogP contribution is 2.27. The van der Waals surface area contributed by atoms with Gasteiger partial charge in [-0.1, -0.05) is 0 Å². The summed E-state index contributed by atoms with van der Waals surface area (Å²) in [7, 11) is 0. The second-order valence-electron chi connectivity index (χ2n) is 2.74. The van der Waals surface area contributed by atoms with E-state index in [1.54, 1.807) is 12.1 Å². The molecule has 0 aromatic carbocycles. The zero-order valence-electron chi connectivity index (χ0n) is 7.44. The van der Waals surface area contributed by atoms with Crippen molar-refractivity contribution in [2.75, 3.05) is 5.32 Å². The summed E-state index contributed by atoms with van der Waals surface area (Å²) in [5, 5.41) is 20.5. The molecule has 0 aliphatic rings. The van der Waals surface area contributed by atoms with Crippen LogP contribution < -0.4 is 5.32 Å². The Kier molecular flexibility index (Phi) is 4.10. The van der Waals surface area contributed by atoms with Crippen molar-refractivity contribution in [3.05, 3.63) is 15.9 Å². The Morgan fingerprint density at radius 3 is 2.53 bits per heavy atom. The number of nitrogens with one attached hydrogen (secondary N) is 1. The van der Waals surface area contributed by atoms with Gasteiger partial charge in [0, 0.05) is 0 Å². The van der Waals surface area contributed by atoms with E-state index in [1.165, 1.54) is 11.3 Å². The Hall–Kier alpha value is -1.08. The zero-order valence-corrected chi connectivity index (χ0v) is 9.84. The van der Waals surface area contributed by atoms with Crippen LogP contribution in [0.3, 0.4) is 0 Å². The number of carboxylic acid groups (broad SMARTS) is 2. The quantitative estimate of drug-likeness (QED) is 0.771. The van der Waals surface area contributed by atoms with Gasteiger partial charge in [-0.2, -0.15) is 0 Å². The molecule has 82 valence electrons. The number of thiophene rings is 1. The molecule has 1 unspecified atom stereocenters. The van der Waals surface area contributed by atoms with Gasteiger partial charge in [0.05, 0.1) is 15.2 Å². The molecule has 1 heterocycles. The number of hydrogen-bond donors (Lipinski definition) is 3. The van der Waals surface area contributed by atoms with Crippen LogP contribution in [0.15, 0.2) is 15.9 Å². The first-order valence-electron chi connectivity index (χ1n) is 3.95. The predicted octanol–water partition coefficient (Wildman–Crippen LogP) is 1.85.